The largest absolute Gasteiger partial charge is 0.328 e. The van der Waals surface area contributed by atoms with Gasteiger partial charge in [-0.05, 0) is 30.9 Å². The normalized spacial score (nSPS) is 18.5. The fourth-order valence-electron chi connectivity index (χ4n) is 3.14. The number of benzene rings is 1. The Kier molecular flexibility index (Phi) is 3.58. The van der Waals surface area contributed by atoms with Crippen LogP contribution >= 0.6 is 0 Å². The highest BCUT2D eigenvalue weighted by atomic mass is 16.3. The van der Waals surface area contributed by atoms with Crippen molar-refractivity contribution < 1.29 is 0 Å². The first-order valence-corrected chi connectivity index (χ1v) is 7.11. The number of nitrogens with zero attached hydrogens (tertiary/aromatic N) is 3. The predicted octanol–water partition coefficient (Wildman–Crippen LogP) is 3.75. The minimum absolute atomic E-state index is 0.113. The number of hydrogen-bond donors (Lipinski definition) is 0. The van der Waals surface area contributed by atoms with Crippen LogP contribution in [0.1, 0.15) is 32.1 Å². The first-order valence-electron chi connectivity index (χ1n) is 7.11. The van der Waals surface area contributed by atoms with Gasteiger partial charge in [-0.1, -0.05) is 36.6 Å². The summed E-state index contributed by atoms with van der Waals surface area (Å²) in [6.07, 6.45) is 7.89. The van der Waals surface area contributed by atoms with Crippen molar-refractivity contribution in [3.05, 3.63) is 35.5 Å². The van der Waals surface area contributed by atoms with E-state index in [2.05, 4.69) is 14.7 Å². The maximum Gasteiger partial charge on any atom is 0.113 e. The molecule has 1 aliphatic rings. The second-order valence-electron chi connectivity index (χ2n) is 5.46. The highest BCUT2D eigenvalue weighted by Crippen LogP contribution is 2.29. The molecule has 0 N–H and O–H groups in total. The van der Waals surface area contributed by atoms with E-state index in [9.17, 15) is 4.91 Å². The number of nitroso groups, excluding NO2 is 1. The van der Waals surface area contributed by atoms with E-state index in [1.807, 2.05) is 30.6 Å². The van der Waals surface area contributed by atoms with Crippen molar-refractivity contribution in [2.45, 2.75) is 44.7 Å². The smallest absolute Gasteiger partial charge is 0.113 e. The van der Waals surface area contributed by atoms with Gasteiger partial charge in [-0.15, -0.1) is 0 Å². The molecule has 1 aromatic carbocycles. The molecule has 0 radical (unpaired) electrons. The van der Waals surface area contributed by atoms with Gasteiger partial charge in [-0.2, -0.15) is 4.91 Å². The van der Waals surface area contributed by atoms with Crippen LogP contribution in [0.5, 0.6) is 0 Å². The number of rotatable bonds is 4. The summed E-state index contributed by atoms with van der Waals surface area (Å²) < 4.78 is 2.07. The van der Waals surface area contributed by atoms with E-state index >= 15 is 0 Å². The highest BCUT2D eigenvalue weighted by Gasteiger charge is 2.25. The molecule has 1 atom stereocenters. The van der Waals surface area contributed by atoms with Gasteiger partial charge in [0, 0.05) is 0 Å². The van der Waals surface area contributed by atoms with Gasteiger partial charge < -0.3 is 4.57 Å². The molecule has 100 valence electrons. The Labute approximate surface area is 112 Å². The van der Waals surface area contributed by atoms with Crippen molar-refractivity contribution in [3.63, 3.8) is 0 Å². The lowest BCUT2D eigenvalue weighted by Gasteiger charge is -2.25. The molecule has 0 amide bonds. The summed E-state index contributed by atoms with van der Waals surface area (Å²) in [5.41, 5.74) is 2.07. The quantitative estimate of drug-likeness (QED) is 0.783. The van der Waals surface area contributed by atoms with E-state index in [4.69, 9.17) is 0 Å². The van der Waals surface area contributed by atoms with Crippen molar-refractivity contribution in [2.24, 2.45) is 11.1 Å². The standard InChI is InChI=1S/C15H19N3O/c19-17-14(12-6-2-1-3-7-12)10-18-11-16-13-8-4-5-9-15(13)18/h4-5,8-9,11-12,14H,1-3,6-7,10H2. The average Bonchev–Trinajstić information content (AvgIpc) is 2.89. The lowest BCUT2D eigenvalue weighted by atomic mass is 9.84. The van der Waals surface area contributed by atoms with Crippen molar-refractivity contribution >= 4 is 11.0 Å². The van der Waals surface area contributed by atoms with Crippen molar-refractivity contribution in [2.75, 3.05) is 0 Å². The van der Waals surface area contributed by atoms with Gasteiger partial charge in [-0.25, -0.2) is 4.98 Å². The Morgan fingerprint density at radius 3 is 2.84 bits per heavy atom. The van der Waals surface area contributed by atoms with Crippen LogP contribution in [0.25, 0.3) is 11.0 Å². The van der Waals surface area contributed by atoms with E-state index < -0.39 is 0 Å². The summed E-state index contributed by atoms with van der Waals surface area (Å²) in [5.74, 6) is 0.451. The average molecular weight is 257 g/mol. The zero-order valence-corrected chi connectivity index (χ0v) is 11.0. The van der Waals surface area contributed by atoms with Crippen LogP contribution in [0.2, 0.25) is 0 Å². The summed E-state index contributed by atoms with van der Waals surface area (Å²) in [4.78, 5) is 15.6. The molecular formula is C15H19N3O. The van der Waals surface area contributed by atoms with Gasteiger partial charge in [0.05, 0.1) is 23.9 Å². The molecule has 1 unspecified atom stereocenters. The van der Waals surface area contributed by atoms with E-state index in [-0.39, 0.29) is 6.04 Å². The summed E-state index contributed by atoms with van der Waals surface area (Å²) in [6.45, 7) is 0.661. The van der Waals surface area contributed by atoms with Crippen LogP contribution in [0, 0.1) is 10.8 Å². The number of fused-ring (bicyclic) bond motifs is 1. The third-order valence-electron chi connectivity index (χ3n) is 4.24. The zero-order chi connectivity index (χ0) is 13.1. The minimum atomic E-state index is -0.113. The lowest BCUT2D eigenvalue weighted by molar-refractivity contribution is 0.287. The van der Waals surface area contributed by atoms with E-state index in [1.165, 1.54) is 19.3 Å². The predicted molar refractivity (Wildman–Crippen MR) is 75.9 cm³/mol. The SMILES string of the molecule is O=NC(Cn1cnc2ccccc21)C1CCCCC1. The number of imidazole rings is 1. The molecule has 4 nitrogen and oxygen atoms in total. The van der Waals surface area contributed by atoms with Crippen LogP contribution in [-0.2, 0) is 6.54 Å². The minimum Gasteiger partial charge on any atom is -0.328 e. The molecule has 3 rings (SSSR count). The highest BCUT2D eigenvalue weighted by molar-refractivity contribution is 5.74. The van der Waals surface area contributed by atoms with E-state index in [0.29, 0.717) is 12.5 Å². The number of para-hydroxylation sites is 2. The molecule has 2 aromatic rings. The van der Waals surface area contributed by atoms with Crippen molar-refractivity contribution in [3.8, 4) is 0 Å². The Balaban J connectivity index is 1.80. The molecule has 1 aliphatic carbocycles. The summed E-state index contributed by atoms with van der Waals surface area (Å²) in [5, 5.41) is 3.39. The third-order valence-corrected chi connectivity index (χ3v) is 4.24. The molecule has 0 saturated heterocycles. The monoisotopic (exact) mass is 257 g/mol. The molecule has 1 heterocycles. The van der Waals surface area contributed by atoms with E-state index in [1.54, 1.807) is 0 Å². The van der Waals surface area contributed by atoms with Crippen LogP contribution in [0.4, 0.5) is 0 Å². The van der Waals surface area contributed by atoms with Gasteiger partial charge in [0.15, 0.2) is 0 Å². The van der Waals surface area contributed by atoms with Crippen LogP contribution in [-0.4, -0.2) is 15.6 Å². The van der Waals surface area contributed by atoms with Crippen molar-refractivity contribution in [1.82, 2.24) is 9.55 Å². The molecule has 1 saturated carbocycles. The molecule has 4 heteroatoms. The fraction of sp³-hybridized carbons (Fsp3) is 0.533. The van der Waals surface area contributed by atoms with Crippen molar-refractivity contribution in [1.29, 1.82) is 0 Å². The Bertz CT molecular complexity index is 557. The molecular weight excluding hydrogens is 238 g/mol. The second-order valence-corrected chi connectivity index (χ2v) is 5.46. The number of hydrogen-bond acceptors (Lipinski definition) is 3. The maximum atomic E-state index is 11.2. The van der Waals surface area contributed by atoms with Crippen LogP contribution in [0.15, 0.2) is 35.8 Å². The summed E-state index contributed by atoms with van der Waals surface area (Å²) in [6, 6.07) is 7.92. The Hall–Kier alpha value is -1.71. The second kappa shape index (κ2) is 5.51. The molecule has 1 fully saturated rings. The van der Waals surface area contributed by atoms with Gasteiger partial charge in [0.1, 0.15) is 6.04 Å². The lowest BCUT2D eigenvalue weighted by Crippen LogP contribution is -2.25. The van der Waals surface area contributed by atoms with E-state index in [0.717, 1.165) is 23.9 Å². The molecule has 19 heavy (non-hydrogen) atoms. The van der Waals surface area contributed by atoms with Gasteiger partial charge in [0.25, 0.3) is 0 Å². The maximum absolute atomic E-state index is 11.2. The van der Waals surface area contributed by atoms with Gasteiger partial charge in [-0.3, -0.25) is 0 Å². The summed E-state index contributed by atoms with van der Waals surface area (Å²) >= 11 is 0. The number of aromatic nitrogens is 2. The van der Waals surface area contributed by atoms with Crippen LogP contribution < -0.4 is 0 Å². The first kappa shape index (κ1) is 12.3. The molecule has 0 aliphatic heterocycles. The summed E-state index contributed by atoms with van der Waals surface area (Å²) in [7, 11) is 0. The van der Waals surface area contributed by atoms with Gasteiger partial charge >= 0.3 is 0 Å². The third kappa shape index (κ3) is 2.53. The Morgan fingerprint density at radius 1 is 1.26 bits per heavy atom. The topological polar surface area (TPSA) is 47.2 Å². The molecule has 1 aromatic heterocycles. The zero-order valence-electron chi connectivity index (χ0n) is 11.0. The fourth-order valence-corrected chi connectivity index (χ4v) is 3.14. The van der Waals surface area contributed by atoms with Gasteiger partial charge in [0.2, 0.25) is 0 Å². The molecule has 0 bridgehead atoms. The molecule has 0 spiro atoms. The van der Waals surface area contributed by atoms with Crippen LogP contribution in [0.3, 0.4) is 0 Å². The Morgan fingerprint density at radius 2 is 2.05 bits per heavy atom. The first-order chi connectivity index (χ1) is 9.38.